The number of aromatic nitrogens is 2. The molecule has 0 aliphatic heterocycles. The number of rotatable bonds is 8. The van der Waals surface area contributed by atoms with E-state index in [0.29, 0.717) is 22.5 Å². The van der Waals surface area contributed by atoms with Crippen LogP contribution in [0.2, 0.25) is 5.02 Å². The highest BCUT2D eigenvalue weighted by molar-refractivity contribution is 7.99. The van der Waals surface area contributed by atoms with E-state index in [4.69, 9.17) is 16.3 Å². The number of carbonyl (C=O) groups is 1. The zero-order chi connectivity index (χ0) is 24.0. The van der Waals surface area contributed by atoms with Crippen LogP contribution in [0.5, 0.6) is 5.75 Å². The van der Waals surface area contributed by atoms with Gasteiger partial charge in [0.15, 0.2) is 5.16 Å². The van der Waals surface area contributed by atoms with Crippen LogP contribution in [0.3, 0.4) is 0 Å². The van der Waals surface area contributed by atoms with Gasteiger partial charge in [-0.3, -0.25) is 4.79 Å². The summed E-state index contributed by atoms with van der Waals surface area (Å²) in [4.78, 5) is 20.1. The molecule has 0 saturated carbocycles. The summed E-state index contributed by atoms with van der Waals surface area (Å²) in [6.45, 7) is 0.361. The molecule has 0 fully saturated rings. The first-order valence-electron chi connectivity index (χ1n) is 10.9. The number of aromatic amines is 1. The van der Waals surface area contributed by atoms with Gasteiger partial charge in [-0.1, -0.05) is 78.0 Å². The second-order valence-electron chi connectivity index (χ2n) is 7.76. The molecule has 0 bridgehead atoms. The van der Waals surface area contributed by atoms with Crippen LogP contribution < -0.4 is 10.2 Å². The van der Waals surface area contributed by atoms with E-state index >= 15 is 0 Å². The Balaban J connectivity index is 1.28. The molecule has 1 amide bonds. The van der Waals surface area contributed by atoms with E-state index in [2.05, 4.69) is 20.5 Å². The fraction of sp³-hybridized carbons (Fsp3) is 0.0741. The summed E-state index contributed by atoms with van der Waals surface area (Å²) < 4.78 is 6.10. The Morgan fingerprint density at radius 3 is 2.80 bits per heavy atom. The lowest BCUT2D eigenvalue weighted by Crippen LogP contribution is -2.19. The number of carbonyl (C=O) groups excluding carboxylic acids is 1. The Labute approximate surface area is 211 Å². The van der Waals surface area contributed by atoms with Gasteiger partial charge in [0.2, 0.25) is 0 Å². The lowest BCUT2D eigenvalue weighted by atomic mass is 10.0. The van der Waals surface area contributed by atoms with Gasteiger partial charge in [-0.15, -0.1) is 0 Å². The van der Waals surface area contributed by atoms with Crippen LogP contribution in [0.25, 0.3) is 21.8 Å². The van der Waals surface area contributed by atoms with Crippen LogP contribution in [0.1, 0.15) is 11.1 Å². The summed E-state index contributed by atoms with van der Waals surface area (Å²) in [5.74, 6) is 0.622. The third-order valence-electron chi connectivity index (χ3n) is 5.30. The summed E-state index contributed by atoms with van der Waals surface area (Å²) >= 11 is 7.42. The summed E-state index contributed by atoms with van der Waals surface area (Å²) in [5.41, 5.74) is 6.16. The molecule has 174 valence electrons. The Bertz CT molecular complexity index is 1500. The minimum absolute atomic E-state index is 0.185. The molecule has 8 heteroatoms. The van der Waals surface area contributed by atoms with Gasteiger partial charge in [-0.25, -0.2) is 10.4 Å². The summed E-state index contributed by atoms with van der Waals surface area (Å²) in [6.07, 6.45) is 1.62. The number of hydrazone groups is 1. The highest BCUT2D eigenvalue weighted by Crippen LogP contribution is 2.28. The first kappa shape index (κ1) is 23.0. The molecule has 0 atom stereocenters. The number of amides is 1. The Morgan fingerprint density at radius 1 is 1.06 bits per heavy atom. The van der Waals surface area contributed by atoms with Gasteiger partial charge in [0.05, 0.1) is 23.0 Å². The van der Waals surface area contributed by atoms with E-state index in [0.717, 1.165) is 32.9 Å². The van der Waals surface area contributed by atoms with E-state index in [1.807, 2.05) is 84.9 Å². The van der Waals surface area contributed by atoms with Crippen LogP contribution in [0, 0.1) is 0 Å². The molecule has 0 saturated heterocycles. The lowest BCUT2D eigenvalue weighted by Gasteiger charge is -2.12. The molecule has 6 nitrogen and oxygen atoms in total. The Morgan fingerprint density at radius 2 is 1.91 bits per heavy atom. The highest BCUT2D eigenvalue weighted by atomic mass is 35.5. The minimum atomic E-state index is -0.228. The predicted octanol–water partition coefficient (Wildman–Crippen LogP) is 6.19. The molecule has 2 N–H and O–H groups in total. The third-order valence-corrected chi connectivity index (χ3v) is 6.41. The number of H-pyrrole nitrogens is 1. The molecular formula is C27H21ClN4O2S. The number of imidazole rings is 1. The number of ether oxygens (including phenoxy) is 1. The molecule has 5 rings (SSSR count). The summed E-state index contributed by atoms with van der Waals surface area (Å²) in [5, 5.41) is 7.59. The van der Waals surface area contributed by atoms with Crippen LogP contribution >= 0.6 is 23.4 Å². The van der Waals surface area contributed by atoms with E-state index in [1.165, 1.54) is 11.8 Å². The van der Waals surface area contributed by atoms with E-state index in [1.54, 1.807) is 6.21 Å². The average Bonchev–Trinajstić information content (AvgIpc) is 3.30. The second kappa shape index (κ2) is 10.6. The van der Waals surface area contributed by atoms with Crippen molar-refractivity contribution in [3.05, 3.63) is 101 Å². The van der Waals surface area contributed by atoms with Crippen molar-refractivity contribution >= 4 is 57.3 Å². The molecule has 5 aromatic rings. The quantitative estimate of drug-likeness (QED) is 0.151. The zero-order valence-corrected chi connectivity index (χ0v) is 20.1. The van der Waals surface area contributed by atoms with Gasteiger partial charge in [0.25, 0.3) is 5.91 Å². The first-order chi connectivity index (χ1) is 17.2. The first-order valence-corrected chi connectivity index (χ1v) is 12.3. The molecule has 0 radical (unpaired) electrons. The highest BCUT2D eigenvalue weighted by Gasteiger charge is 2.09. The number of para-hydroxylation sites is 2. The maximum Gasteiger partial charge on any atom is 0.250 e. The number of thioether (sulfide) groups is 1. The Hall–Kier alpha value is -3.81. The smallest absolute Gasteiger partial charge is 0.250 e. The predicted molar refractivity (Wildman–Crippen MR) is 142 cm³/mol. The minimum Gasteiger partial charge on any atom is -0.488 e. The van der Waals surface area contributed by atoms with Crippen LogP contribution in [-0.4, -0.2) is 27.8 Å². The van der Waals surface area contributed by atoms with Crippen molar-refractivity contribution in [2.75, 3.05) is 5.75 Å². The molecular weight excluding hydrogens is 480 g/mol. The van der Waals surface area contributed by atoms with Crippen molar-refractivity contribution in [1.82, 2.24) is 15.4 Å². The normalized spacial score (nSPS) is 11.3. The van der Waals surface area contributed by atoms with Crippen molar-refractivity contribution in [1.29, 1.82) is 0 Å². The van der Waals surface area contributed by atoms with Crippen molar-refractivity contribution in [3.63, 3.8) is 0 Å². The molecule has 4 aromatic carbocycles. The summed E-state index contributed by atoms with van der Waals surface area (Å²) in [7, 11) is 0. The van der Waals surface area contributed by atoms with Gasteiger partial charge < -0.3 is 9.72 Å². The molecule has 0 unspecified atom stereocenters. The van der Waals surface area contributed by atoms with Crippen molar-refractivity contribution in [2.45, 2.75) is 11.8 Å². The Kier molecular flexibility index (Phi) is 6.97. The monoisotopic (exact) mass is 500 g/mol. The molecule has 1 heterocycles. The van der Waals surface area contributed by atoms with Gasteiger partial charge in [-0.05, 0) is 46.7 Å². The molecule has 0 aliphatic rings. The fourth-order valence-electron chi connectivity index (χ4n) is 3.66. The second-order valence-corrected chi connectivity index (χ2v) is 9.16. The molecule has 0 spiro atoms. The molecule has 1 aromatic heterocycles. The number of halogens is 1. The van der Waals surface area contributed by atoms with Gasteiger partial charge in [0, 0.05) is 10.6 Å². The largest absolute Gasteiger partial charge is 0.488 e. The molecule has 0 aliphatic carbocycles. The topological polar surface area (TPSA) is 79.4 Å². The lowest BCUT2D eigenvalue weighted by molar-refractivity contribution is -0.118. The number of fused-ring (bicyclic) bond motifs is 2. The van der Waals surface area contributed by atoms with Crippen LogP contribution in [-0.2, 0) is 11.4 Å². The average molecular weight is 501 g/mol. The number of hydrogen-bond acceptors (Lipinski definition) is 5. The van der Waals surface area contributed by atoms with Gasteiger partial charge >= 0.3 is 0 Å². The third kappa shape index (κ3) is 5.65. The maximum absolute atomic E-state index is 12.4. The number of nitrogens with zero attached hydrogens (tertiary/aromatic N) is 2. The zero-order valence-electron chi connectivity index (χ0n) is 18.6. The number of nitrogens with one attached hydrogen (secondary N) is 2. The van der Waals surface area contributed by atoms with Gasteiger partial charge in [-0.2, -0.15) is 5.10 Å². The maximum atomic E-state index is 12.4. The van der Waals surface area contributed by atoms with E-state index in [9.17, 15) is 4.79 Å². The fourth-order valence-corrected chi connectivity index (χ4v) is 4.55. The molecule has 35 heavy (non-hydrogen) atoms. The number of benzene rings is 4. The van der Waals surface area contributed by atoms with Crippen molar-refractivity contribution in [2.24, 2.45) is 5.10 Å². The summed E-state index contributed by atoms with van der Waals surface area (Å²) in [6, 6.07) is 27.2. The van der Waals surface area contributed by atoms with E-state index in [-0.39, 0.29) is 11.7 Å². The standard InChI is InChI=1S/C27H21ClN4O2S/c28-20-8-5-6-18(14-20)16-34-25-13-12-19-7-1-2-9-21(19)22(25)15-29-32-26(33)17-35-27-30-23-10-3-4-11-24(23)31-27/h1-15H,16-17H2,(H,30,31)(H,32,33)/b29-15+. The van der Waals surface area contributed by atoms with Crippen LogP contribution in [0.4, 0.5) is 0 Å². The van der Waals surface area contributed by atoms with E-state index < -0.39 is 0 Å². The number of hydrogen-bond donors (Lipinski definition) is 2. The SMILES string of the molecule is O=C(CSc1nc2ccccc2[nH]1)N/N=C/c1c(OCc2cccc(Cl)c2)ccc2ccccc12. The van der Waals surface area contributed by atoms with Crippen LogP contribution in [0.15, 0.2) is 95.2 Å². The van der Waals surface area contributed by atoms with Crippen molar-refractivity contribution < 1.29 is 9.53 Å². The van der Waals surface area contributed by atoms with Crippen molar-refractivity contribution in [3.8, 4) is 5.75 Å². The van der Waals surface area contributed by atoms with Gasteiger partial charge in [0.1, 0.15) is 12.4 Å².